The number of rotatable bonds is 10. The van der Waals surface area contributed by atoms with Gasteiger partial charge < -0.3 is 29.9 Å². The van der Waals surface area contributed by atoms with Crippen molar-refractivity contribution in [2.45, 2.75) is 51.4 Å². The summed E-state index contributed by atoms with van der Waals surface area (Å²) in [5.41, 5.74) is 0. The van der Waals surface area contributed by atoms with Crippen LogP contribution in [0.15, 0.2) is 6.20 Å². The number of imidazole rings is 1. The number of nitro groups is 2. The van der Waals surface area contributed by atoms with Gasteiger partial charge in [-0.15, -0.1) is 0 Å². The molecule has 1 aromatic rings. The van der Waals surface area contributed by atoms with Crippen LogP contribution < -0.4 is 0 Å². The third-order valence-electron chi connectivity index (χ3n) is 4.81. The highest BCUT2D eigenvalue weighted by Crippen LogP contribution is 2.39. The van der Waals surface area contributed by atoms with Gasteiger partial charge in [0.15, 0.2) is 14.5 Å². The van der Waals surface area contributed by atoms with E-state index in [1.165, 1.54) is 4.57 Å². The van der Waals surface area contributed by atoms with E-state index in [0.717, 1.165) is 25.6 Å². The third kappa shape index (κ3) is 5.87. The summed E-state index contributed by atoms with van der Waals surface area (Å²) in [6.45, 7) is 9.55. The predicted octanol–water partition coefficient (Wildman–Crippen LogP) is 2.39. The molecule has 1 rings (SSSR count). The molecule has 0 aliphatic heterocycles. The smallest absolute Gasteiger partial charge is 0.432 e. The van der Waals surface area contributed by atoms with Gasteiger partial charge in [0, 0.05) is 6.54 Å². The molecule has 10 nitrogen and oxygen atoms in total. The minimum atomic E-state index is -2.23. The second-order valence-electron chi connectivity index (χ2n) is 7.46. The highest BCUT2D eigenvalue weighted by molar-refractivity contribution is 6.72. The van der Waals surface area contributed by atoms with Crippen LogP contribution in [0.5, 0.6) is 0 Å². The molecule has 25 heavy (non-hydrogen) atoms. The molecule has 0 amide bonds. The van der Waals surface area contributed by atoms with Crippen molar-refractivity contribution in [3.05, 3.63) is 26.4 Å². The Hall–Kier alpha value is -1.85. The molecule has 0 fully saturated rings. The molecule has 1 aromatic heterocycles. The summed E-state index contributed by atoms with van der Waals surface area (Å²) in [6.07, 6.45) is 2.88. The summed E-state index contributed by atoms with van der Waals surface area (Å²) in [4.78, 5) is 35.9. The van der Waals surface area contributed by atoms with E-state index in [9.17, 15) is 25.0 Å². The Bertz CT molecular complexity index is 626. The molecule has 11 heteroatoms. The summed E-state index contributed by atoms with van der Waals surface area (Å²) >= 11 is 0. The maximum Gasteiger partial charge on any atom is 0.439 e. The van der Waals surface area contributed by atoms with Crippen LogP contribution in [-0.4, -0.2) is 57.5 Å². The standard InChI is InChI=1S/C14H27N5O5Si/c1-14(2,25(4,5)24)7-6-8-16(3)9-10-17-11-12(18(20)21)15-13(17)19(22)23/h11,24H,6-10H2,1-5H3. The summed E-state index contributed by atoms with van der Waals surface area (Å²) < 4.78 is 1.20. The minimum absolute atomic E-state index is 0.0857. The Kier molecular flexibility index (Phi) is 6.80. The van der Waals surface area contributed by atoms with Crippen LogP contribution in [0.25, 0.3) is 0 Å². The molecule has 1 heterocycles. The molecule has 0 saturated heterocycles. The molecule has 0 aromatic carbocycles. The van der Waals surface area contributed by atoms with Gasteiger partial charge in [0.2, 0.25) is 0 Å². The zero-order chi connectivity index (χ0) is 19.4. The second kappa shape index (κ2) is 8.02. The van der Waals surface area contributed by atoms with E-state index < -0.39 is 29.9 Å². The maximum absolute atomic E-state index is 10.9. The van der Waals surface area contributed by atoms with Crippen LogP contribution in [0, 0.1) is 20.2 Å². The number of hydrogen-bond acceptors (Lipinski definition) is 7. The van der Waals surface area contributed by atoms with Crippen LogP contribution in [0.1, 0.15) is 26.7 Å². The number of hydrogen-bond donors (Lipinski definition) is 1. The Morgan fingerprint density at radius 3 is 2.36 bits per heavy atom. The Morgan fingerprint density at radius 2 is 1.88 bits per heavy atom. The first-order chi connectivity index (χ1) is 11.3. The monoisotopic (exact) mass is 373 g/mol. The van der Waals surface area contributed by atoms with Crippen molar-refractivity contribution in [1.82, 2.24) is 14.5 Å². The lowest BCUT2D eigenvalue weighted by molar-refractivity contribution is -0.403. The quantitative estimate of drug-likeness (QED) is 0.379. The summed E-state index contributed by atoms with van der Waals surface area (Å²) in [7, 11) is -0.331. The maximum atomic E-state index is 10.9. The van der Waals surface area contributed by atoms with Gasteiger partial charge in [-0.05, 0) is 59.4 Å². The van der Waals surface area contributed by atoms with Crippen molar-refractivity contribution in [2.75, 3.05) is 20.1 Å². The Balaban J connectivity index is 2.56. The minimum Gasteiger partial charge on any atom is -0.432 e. The second-order valence-corrected chi connectivity index (χ2v) is 11.9. The summed E-state index contributed by atoms with van der Waals surface area (Å²) in [6, 6.07) is 0. The first-order valence-electron chi connectivity index (χ1n) is 8.12. The molecule has 0 radical (unpaired) electrons. The Labute approximate surface area is 147 Å². The molecule has 0 unspecified atom stereocenters. The van der Waals surface area contributed by atoms with Crippen molar-refractivity contribution >= 4 is 20.1 Å². The fourth-order valence-electron chi connectivity index (χ4n) is 2.28. The molecule has 0 aliphatic rings. The first kappa shape index (κ1) is 21.2. The van der Waals surface area contributed by atoms with Crippen LogP contribution in [0.2, 0.25) is 18.1 Å². The third-order valence-corrected chi connectivity index (χ3v) is 8.38. The van der Waals surface area contributed by atoms with Gasteiger partial charge in [-0.1, -0.05) is 13.8 Å². The first-order valence-corrected chi connectivity index (χ1v) is 11.1. The largest absolute Gasteiger partial charge is 0.439 e. The molecular formula is C14H27N5O5Si. The average molecular weight is 373 g/mol. The SMILES string of the molecule is CN(CCCC(C)(C)[Si](C)(C)O)CCn1cc([N+](=O)[O-])nc1[N+](=O)[O-]. The van der Waals surface area contributed by atoms with Crippen molar-refractivity contribution in [1.29, 1.82) is 0 Å². The lowest BCUT2D eigenvalue weighted by Crippen LogP contribution is -2.39. The van der Waals surface area contributed by atoms with Gasteiger partial charge in [-0.2, -0.15) is 0 Å². The van der Waals surface area contributed by atoms with Crippen LogP contribution in [-0.2, 0) is 6.54 Å². The van der Waals surface area contributed by atoms with E-state index in [1.54, 1.807) is 0 Å². The summed E-state index contributed by atoms with van der Waals surface area (Å²) in [5, 5.41) is 21.6. The van der Waals surface area contributed by atoms with E-state index in [2.05, 4.69) is 18.8 Å². The molecule has 0 saturated carbocycles. The lowest BCUT2D eigenvalue weighted by Gasteiger charge is -2.35. The molecular weight excluding hydrogens is 346 g/mol. The lowest BCUT2D eigenvalue weighted by atomic mass is 10.1. The van der Waals surface area contributed by atoms with E-state index in [4.69, 9.17) is 0 Å². The average Bonchev–Trinajstić information content (AvgIpc) is 2.88. The van der Waals surface area contributed by atoms with Gasteiger partial charge in [0.05, 0.1) is 6.54 Å². The van der Waals surface area contributed by atoms with Crippen molar-refractivity contribution < 1.29 is 14.6 Å². The molecule has 0 atom stereocenters. The van der Waals surface area contributed by atoms with Gasteiger partial charge >= 0.3 is 11.8 Å². The van der Waals surface area contributed by atoms with Crippen molar-refractivity contribution in [3.63, 3.8) is 0 Å². The highest BCUT2D eigenvalue weighted by Gasteiger charge is 2.37. The van der Waals surface area contributed by atoms with Gasteiger partial charge in [0.1, 0.15) is 0 Å². The molecule has 0 spiro atoms. The van der Waals surface area contributed by atoms with Gasteiger partial charge in [0.25, 0.3) is 0 Å². The topological polar surface area (TPSA) is 128 Å². The summed E-state index contributed by atoms with van der Waals surface area (Å²) in [5.74, 6) is -1.04. The number of likely N-dealkylation sites (N-methyl/N-ethyl adjacent to an activating group) is 1. The Morgan fingerprint density at radius 1 is 1.28 bits per heavy atom. The molecule has 0 bridgehead atoms. The highest BCUT2D eigenvalue weighted by atomic mass is 28.4. The van der Waals surface area contributed by atoms with Crippen LogP contribution in [0.3, 0.4) is 0 Å². The van der Waals surface area contributed by atoms with E-state index in [1.807, 2.05) is 25.0 Å². The van der Waals surface area contributed by atoms with Crippen molar-refractivity contribution in [3.8, 4) is 0 Å². The fourth-order valence-corrected chi connectivity index (χ4v) is 3.07. The van der Waals surface area contributed by atoms with Gasteiger partial charge in [-0.25, -0.2) is 4.57 Å². The number of aromatic nitrogens is 2. The zero-order valence-corrected chi connectivity index (χ0v) is 16.4. The van der Waals surface area contributed by atoms with Crippen LogP contribution >= 0.6 is 0 Å². The molecule has 142 valence electrons. The van der Waals surface area contributed by atoms with Crippen molar-refractivity contribution in [2.24, 2.45) is 0 Å². The molecule has 1 N–H and O–H groups in total. The number of nitrogens with zero attached hydrogens (tertiary/aromatic N) is 5. The van der Waals surface area contributed by atoms with E-state index in [0.29, 0.717) is 6.54 Å². The van der Waals surface area contributed by atoms with Crippen LogP contribution in [0.4, 0.5) is 11.8 Å². The molecule has 0 aliphatic carbocycles. The zero-order valence-electron chi connectivity index (χ0n) is 15.4. The fraction of sp³-hybridized carbons (Fsp3) is 0.786. The predicted molar refractivity (Wildman–Crippen MR) is 96.0 cm³/mol. The van der Waals surface area contributed by atoms with E-state index in [-0.39, 0.29) is 11.6 Å². The van der Waals surface area contributed by atoms with E-state index >= 15 is 0 Å². The normalized spacial score (nSPS) is 12.6. The van der Waals surface area contributed by atoms with Gasteiger partial charge in [-0.3, -0.25) is 0 Å².